The van der Waals surface area contributed by atoms with E-state index in [1.165, 1.54) is 6.92 Å². The second-order valence-corrected chi connectivity index (χ2v) is 8.46. The molecule has 1 spiro atoms. The maximum absolute atomic E-state index is 12.4. The molecule has 1 saturated carbocycles. The van der Waals surface area contributed by atoms with E-state index < -0.39 is 28.7 Å². The lowest BCUT2D eigenvalue weighted by molar-refractivity contribution is -0.160. The molecule has 1 aromatic carbocycles. The molecule has 1 aromatic rings. The van der Waals surface area contributed by atoms with E-state index >= 15 is 0 Å². The van der Waals surface area contributed by atoms with Crippen molar-refractivity contribution in [3.05, 3.63) is 35.9 Å². The predicted molar refractivity (Wildman–Crippen MR) is 102 cm³/mol. The van der Waals surface area contributed by atoms with Crippen LogP contribution in [0.25, 0.3) is 0 Å². The van der Waals surface area contributed by atoms with Crippen LogP contribution in [0.4, 0.5) is 4.79 Å². The fourth-order valence-electron chi connectivity index (χ4n) is 5.19. The number of carbonyl (C=O) groups excluding carboxylic acids is 2. The summed E-state index contributed by atoms with van der Waals surface area (Å²) in [6, 6.07) is 9.46. The van der Waals surface area contributed by atoms with Gasteiger partial charge in [0.15, 0.2) is 0 Å². The van der Waals surface area contributed by atoms with Crippen LogP contribution in [0.3, 0.4) is 0 Å². The van der Waals surface area contributed by atoms with Crippen molar-refractivity contribution >= 4 is 18.0 Å². The van der Waals surface area contributed by atoms with Gasteiger partial charge in [-0.25, -0.2) is 4.79 Å². The molecule has 0 unspecified atom stereocenters. The minimum absolute atomic E-state index is 0.160. The van der Waals surface area contributed by atoms with Crippen LogP contribution < -0.4 is 5.32 Å². The topological polar surface area (TPSA) is 105 Å². The van der Waals surface area contributed by atoms with Gasteiger partial charge in [0.25, 0.3) is 0 Å². The third kappa shape index (κ3) is 3.25. The van der Waals surface area contributed by atoms with E-state index in [1.807, 2.05) is 30.3 Å². The zero-order chi connectivity index (χ0) is 20.7. The van der Waals surface area contributed by atoms with Crippen molar-refractivity contribution in [3.63, 3.8) is 0 Å². The number of benzene rings is 1. The van der Waals surface area contributed by atoms with Crippen molar-refractivity contribution < 1.29 is 29.0 Å². The van der Waals surface area contributed by atoms with Gasteiger partial charge >= 0.3 is 12.1 Å². The van der Waals surface area contributed by atoms with Crippen LogP contribution in [-0.2, 0) is 25.7 Å². The van der Waals surface area contributed by atoms with Gasteiger partial charge < -0.3 is 24.8 Å². The highest BCUT2D eigenvalue weighted by Crippen LogP contribution is 2.69. The van der Waals surface area contributed by atoms with E-state index in [2.05, 4.69) is 5.32 Å². The normalized spacial score (nSPS) is 29.2. The number of likely N-dealkylation sites (tertiary alicyclic amines) is 1. The van der Waals surface area contributed by atoms with Gasteiger partial charge in [0.05, 0.1) is 11.2 Å². The average molecular weight is 402 g/mol. The van der Waals surface area contributed by atoms with Gasteiger partial charge in [0.2, 0.25) is 5.91 Å². The number of hydrogen-bond donors (Lipinski definition) is 2. The fourth-order valence-corrected chi connectivity index (χ4v) is 5.19. The number of amides is 2. The molecule has 3 saturated heterocycles. The molecular formula is C21H26N2O6. The van der Waals surface area contributed by atoms with Gasteiger partial charge in [-0.05, 0) is 31.2 Å². The molecular weight excluding hydrogens is 376 g/mol. The number of aliphatic carboxylic acids is 1. The Hall–Kier alpha value is -2.61. The molecule has 5 rings (SSSR count). The van der Waals surface area contributed by atoms with Crippen LogP contribution in [0.5, 0.6) is 0 Å². The zero-order valence-corrected chi connectivity index (χ0v) is 16.5. The standard InChI is InChI=1S/C21H26N2O6/c1-15(24)22-14-19-12-20(13-19,17(25)26)21(29-19)7-9-23(10-8-21)18(27)28-11-16-5-3-2-4-6-16/h2-6H,7-14H2,1H3,(H,22,24)(H,25,26). The van der Waals surface area contributed by atoms with Crippen LogP contribution in [0, 0.1) is 5.41 Å². The monoisotopic (exact) mass is 402 g/mol. The summed E-state index contributed by atoms with van der Waals surface area (Å²) in [7, 11) is 0. The largest absolute Gasteiger partial charge is 0.481 e. The van der Waals surface area contributed by atoms with Crippen LogP contribution in [0.2, 0.25) is 0 Å². The first-order valence-electron chi connectivity index (χ1n) is 9.94. The van der Waals surface area contributed by atoms with Gasteiger partial charge in [0.1, 0.15) is 12.0 Å². The van der Waals surface area contributed by atoms with E-state index in [9.17, 15) is 19.5 Å². The van der Waals surface area contributed by atoms with Crippen LogP contribution in [0.1, 0.15) is 38.2 Å². The first kappa shape index (κ1) is 19.7. The second-order valence-electron chi connectivity index (χ2n) is 8.46. The van der Waals surface area contributed by atoms with Crippen LogP contribution >= 0.6 is 0 Å². The molecule has 3 aliphatic heterocycles. The number of carboxylic acids is 1. The first-order valence-corrected chi connectivity index (χ1v) is 9.94. The van der Waals surface area contributed by atoms with Gasteiger partial charge in [-0.2, -0.15) is 0 Å². The van der Waals surface area contributed by atoms with Crippen molar-refractivity contribution in [2.45, 2.75) is 50.4 Å². The molecule has 2 amide bonds. The SMILES string of the molecule is CC(=O)NCC12CC(C(=O)O)(C1)C1(CCN(C(=O)OCc3ccccc3)CC1)O2. The third-order valence-corrected chi connectivity index (χ3v) is 6.64. The molecule has 4 fully saturated rings. The minimum atomic E-state index is -0.939. The lowest BCUT2D eigenvalue weighted by atomic mass is 9.54. The zero-order valence-electron chi connectivity index (χ0n) is 16.5. The van der Waals surface area contributed by atoms with Crippen molar-refractivity contribution in [2.24, 2.45) is 5.41 Å². The lowest BCUT2D eigenvalue weighted by Gasteiger charge is -2.47. The Bertz CT molecular complexity index is 810. The average Bonchev–Trinajstić information content (AvgIpc) is 3.11. The smallest absolute Gasteiger partial charge is 0.410 e. The number of carboxylic acid groups (broad SMARTS) is 1. The van der Waals surface area contributed by atoms with E-state index in [4.69, 9.17) is 9.47 Å². The maximum Gasteiger partial charge on any atom is 0.410 e. The highest BCUT2D eigenvalue weighted by molar-refractivity contribution is 5.80. The number of ether oxygens (including phenoxy) is 2. The second kappa shape index (κ2) is 7.02. The molecule has 8 heteroatoms. The van der Waals surface area contributed by atoms with Crippen molar-refractivity contribution in [1.82, 2.24) is 10.2 Å². The lowest BCUT2D eigenvalue weighted by Crippen LogP contribution is -2.59. The number of carbonyl (C=O) groups is 3. The molecule has 29 heavy (non-hydrogen) atoms. The molecule has 2 bridgehead atoms. The molecule has 2 N–H and O–H groups in total. The predicted octanol–water partition coefficient (Wildman–Crippen LogP) is 1.93. The molecule has 4 aliphatic rings. The summed E-state index contributed by atoms with van der Waals surface area (Å²) in [6.45, 7) is 2.74. The van der Waals surface area contributed by atoms with Gasteiger partial charge in [-0.1, -0.05) is 30.3 Å². The molecule has 0 aromatic heterocycles. The molecule has 1 aliphatic carbocycles. The minimum Gasteiger partial charge on any atom is -0.481 e. The van der Waals surface area contributed by atoms with Gasteiger partial charge in [-0.3, -0.25) is 9.59 Å². The summed E-state index contributed by atoms with van der Waals surface area (Å²) in [5, 5.41) is 12.7. The fraction of sp³-hybridized carbons (Fsp3) is 0.571. The summed E-state index contributed by atoms with van der Waals surface area (Å²) >= 11 is 0. The third-order valence-electron chi connectivity index (χ3n) is 6.64. The summed E-state index contributed by atoms with van der Waals surface area (Å²) in [5.74, 6) is -1.01. The maximum atomic E-state index is 12.4. The Morgan fingerprint density at radius 2 is 1.83 bits per heavy atom. The van der Waals surface area contributed by atoms with Gasteiger partial charge in [0, 0.05) is 26.6 Å². The number of piperidine rings is 1. The Kier molecular flexibility index (Phi) is 4.77. The number of nitrogens with zero attached hydrogens (tertiary/aromatic N) is 1. The highest BCUT2D eigenvalue weighted by Gasteiger charge is 2.78. The summed E-state index contributed by atoms with van der Waals surface area (Å²) < 4.78 is 11.7. The van der Waals surface area contributed by atoms with E-state index in [0.29, 0.717) is 45.3 Å². The van der Waals surface area contributed by atoms with E-state index in [0.717, 1.165) is 5.56 Å². The number of rotatable bonds is 5. The van der Waals surface area contributed by atoms with Crippen molar-refractivity contribution in [1.29, 1.82) is 0 Å². The van der Waals surface area contributed by atoms with Crippen molar-refractivity contribution in [3.8, 4) is 0 Å². The quantitative estimate of drug-likeness (QED) is 0.780. The number of hydrogen-bond acceptors (Lipinski definition) is 5. The highest BCUT2D eigenvalue weighted by atomic mass is 16.6. The summed E-state index contributed by atoms with van der Waals surface area (Å²) in [6.07, 6.45) is 1.29. The molecule has 3 heterocycles. The number of nitrogens with one attached hydrogen (secondary N) is 1. The Labute approximate surface area is 169 Å². The Morgan fingerprint density at radius 1 is 1.17 bits per heavy atom. The summed E-state index contributed by atoms with van der Waals surface area (Å²) in [4.78, 5) is 37.4. The van der Waals surface area contributed by atoms with Crippen LogP contribution in [0.15, 0.2) is 30.3 Å². The molecule has 0 radical (unpaired) electrons. The molecule has 156 valence electrons. The Morgan fingerprint density at radius 3 is 2.41 bits per heavy atom. The van der Waals surface area contributed by atoms with Crippen molar-refractivity contribution in [2.75, 3.05) is 19.6 Å². The Balaban J connectivity index is 1.38. The van der Waals surface area contributed by atoms with Gasteiger partial charge in [-0.15, -0.1) is 0 Å². The van der Waals surface area contributed by atoms with E-state index in [1.54, 1.807) is 4.90 Å². The summed E-state index contributed by atoms with van der Waals surface area (Å²) in [5.41, 5.74) is -1.43. The molecule has 8 nitrogen and oxygen atoms in total. The van der Waals surface area contributed by atoms with E-state index in [-0.39, 0.29) is 12.5 Å². The molecule has 0 atom stereocenters. The van der Waals surface area contributed by atoms with Crippen LogP contribution in [-0.4, -0.2) is 58.8 Å². The first-order chi connectivity index (χ1) is 13.8.